The van der Waals surface area contributed by atoms with Crippen LogP contribution in [0.25, 0.3) is 0 Å². The average molecular weight is 545 g/mol. The van der Waals surface area contributed by atoms with Crippen LogP contribution < -0.4 is 5.32 Å². The lowest BCUT2D eigenvalue weighted by Crippen LogP contribution is -2.37. The van der Waals surface area contributed by atoms with Crippen molar-refractivity contribution in [1.29, 1.82) is 0 Å². The maximum Gasteiger partial charge on any atom is 0.357 e. The number of esters is 1. The molecular weight excluding hydrogens is 523 g/mol. The number of carbonyl (C=O) groups is 2. The number of methoxy groups -OCH3 is 1. The molecule has 1 atom stereocenters. The van der Waals surface area contributed by atoms with E-state index in [1.54, 1.807) is 6.20 Å². The number of nitrogens with zero attached hydrogens (tertiary/aromatic N) is 3. The van der Waals surface area contributed by atoms with Crippen molar-refractivity contribution >= 4 is 40.7 Å². The van der Waals surface area contributed by atoms with Crippen molar-refractivity contribution in [2.75, 3.05) is 7.11 Å². The van der Waals surface area contributed by atoms with Crippen LogP contribution >= 0.6 is 22.9 Å². The van der Waals surface area contributed by atoms with E-state index >= 15 is 0 Å². The number of oxazole rings is 1. The van der Waals surface area contributed by atoms with Crippen LogP contribution in [0, 0.1) is 11.7 Å². The zero-order chi connectivity index (χ0) is 26.1. The molecule has 1 fully saturated rings. The minimum absolute atomic E-state index is 0.0374. The highest BCUT2D eigenvalue weighted by Crippen LogP contribution is 2.43. The van der Waals surface area contributed by atoms with Crippen molar-refractivity contribution < 1.29 is 28.2 Å². The summed E-state index contributed by atoms with van der Waals surface area (Å²) < 4.78 is 24.4. The Balaban J connectivity index is 1.51. The fourth-order valence-corrected chi connectivity index (χ4v) is 5.68. The Bertz CT molecular complexity index is 1400. The molecule has 1 unspecified atom stereocenters. The SMILES string of the molecule is COC(=O)C1=C(C2CCC(c3nc(C(=O)O)co3)CC2)NC(c2nccs2)=NC1c1ccc(F)cc1Cl. The molecule has 12 heteroatoms. The van der Waals surface area contributed by atoms with Crippen molar-refractivity contribution in [3.05, 3.63) is 80.3 Å². The Morgan fingerprint density at radius 3 is 2.62 bits per heavy atom. The van der Waals surface area contributed by atoms with Crippen LogP contribution in [0.5, 0.6) is 0 Å². The molecule has 0 radical (unpaired) electrons. The molecule has 0 bridgehead atoms. The Labute approximate surface area is 220 Å². The molecule has 1 aliphatic carbocycles. The lowest BCUT2D eigenvalue weighted by molar-refractivity contribution is -0.136. The summed E-state index contributed by atoms with van der Waals surface area (Å²) in [7, 11) is 1.30. The third kappa shape index (κ3) is 5.01. The number of hydrogen-bond donors (Lipinski definition) is 2. The molecule has 1 aromatic carbocycles. The highest BCUT2D eigenvalue weighted by atomic mass is 35.5. The number of nitrogens with one attached hydrogen (secondary N) is 1. The van der Waals surface area contributed by atoms with E-state index < -0.39 is 23.8 Å². The first-order valence-electron chi connectivity index (χ1n) is 11.6. The number of amidine groups is 1. The van der Waals surface area contributed by atoms with Crippen molar-refractivity contribution in [2.24, 2.45) is 10.9 Å². The number of carboxylic acid groups (broad SMARTS) is 1. The summed E-state index contributed by atoms with van der Waals surface area (Å²) in [5.74, 6) is -1.40. The zero-order valence-electron chi connectivity index (χ0n) is 19.6. The number of benzene rings is 1. The van der Waals surface area contributed by atoms with E-state index in [1.807, 2.05) is 5.38 Å². The molecule has 0 saturated heterocycles. The maximum atomic E-state index is 13.8. The summed E-state index contributed by atoms with van der Waals surface area (Å²) in [5.41, 5.74) is 1.33. The second kappa shape index (κ2) is 10.4. The number of carboxylic acids is 1. The third-order valence-electron chi connectivity index (χ3n) is 6.60. The second-order valence-electron chi connectivity index (χ2n) is 8.75. The predicted molar refractivity (Wildman–Crippen MR) is 133 cm³/mol. The number of aliphatic imine (C=N–C) groups is 1. The Morgan fingerprint density at radius 2 is 2.00 bits per heavy atom. The molecular formula is C25H22ClFN4O5S. The highest BCUT2D eigenvalue weighted by molar-refractivity contribution is 7.11. The average Bonchev–Trinajstić information content (AvgIpc) is 3.61. The third-order valence-corrected chi connectivity index (χ3v) is 7.71. The molecule has 1 aliphatic heterocycles. The normalized spacial score (nSPS) is 21.8. The van der Waals surface area contributed by atoms with Gasteiger partial charge in [0.25, 0.3) is 0 Å². The van der Waals surface area contributed by atoms with Crippen molar-refractivity contribution in [3.8, 4) is 0 Å². The first-order chi connectivity index (χ1) is 17.9. The number of ether oxygens (including phenoxy) is 1. The number of thiazole rings is 1. The summed E-state index contributed by atoms with van der Waals surface area (Å²) >= 11 is 7.81. The van der Waals surface area contributed by atoms with Gasteiger partial charge in [0.05, 0.1) is 12.7 Å². The van der Waals surface area contributed by atoms with Crippen LogP contribution in [0.4, 0.5) is 4.39 Å². The first kappa shape index (κ1) is 25.1. The zero-order valence-corrected chi connectivity index (χ0v) is 21.2. The van der Waals surface area contributed by atoms with Gasteiger partial charge in [0, 0.05) is 33.8 Å². The van der Waals surface area contributed by atoms with Gasteiger partial charge in [0.2, 0.25) is 0 Å². The molecule has 3 heterocycles. The quantitative estimate of drug-likeness (QED) is 0.410. The summed E-state index contributed by atoms with van der Waals surface area (Å²) in [6.07, 6.45) is 5.51. The highest BCUT2D eigenvalue weighted by Gasteiger charge is 2.38. The lowest BCUT2D eigenvalue weighted by atomic mass is 9.78. The van der Waals surface area contributed by atoms with E-state index in [2.05, 4.69) is 15.3 Å². The van der Waals surface area contributed by atoms with Crippen LogP contribution in [0.3, 0.4) is 0 Å². The van der Waals surface area contributed by atoms with E-state index in [-0.39, 0.29) is 22.6 Å². The Kier molecular flexibility index (Phi) is 7.07. The molecule has 9 nitrogen and oxygen atoms in total. The molecule has 2 N–H and O–H groups in total. The van der Waals surface area contributed by atoms with Crippen molar-refractivity contribution in [3.63, 3.8) is 0 Å². The topological polar surface area (TPSA) is 127 Å². The summed E-state index contributed by atoms with van der Waals surface area (Å²) in [6, 6.07) is 3.18. The van der Waals surface area contributed by atoms with Gasteiger partial charge in [-0.25, -0.2) is 23.9 Å². The van der Waals surface area contributed by atoms with E-state index in [1.165, 1.54) is 36.6 Å². The van der Waals surface area contributed by atoms with E-state index in [4.69, 9.17) is 30.9 Å². The van der Waals surface area contributed by atoms with Gasteiger partial charge in [-0.2, -0.15) is 0 Å². The fourth-order valence-electron chi connectivity index (χ4n) is 4.82. The van der Waals surface area contributed by atoms with E-state index in [0.29, 0.717) is 59.3 Å². The van der Waals surface area contributed by atoms with Crippen LogP contribution in [-0.4, -0.2) is 40.0 Å². The molecule has 192 valence electrons. The van der Waals surface area contributed by atoms with Crippen molar-refractivity contribution in [1.82, 2.24) is 15.3 Å². The number of hydrogen-bond acceptors (Lipinski definition) is 9. The lowest BCUT2D eigenvalue weighted by Gasteiger charge is -2.34. The largest absolute Gasteiger partial charge is 0.476 e. The van der Waals surface area contributed by atoms with Crippen LogP contribution in [0.2, 0.25) is 5.02 Å². The fraction of sp³-hybridized carbons (Fsp3) is 0.320. The Hall–Kier alpha value is -3.57. The van der Waals surface area contributed by atoms with Crippen LogP contribution in [0.15, 0.2) is 56.7 Å². The van der Waals surface area contributed by atoms with E-state index in [0.717, 1.165) is 6.26 Å². The molecule has 37 heavy (non-hydrogen) atoms. The predicted octanol–water partition coefficient (Wildman–Crippen LogP) is 5.11. The summed E-state index contributed by atoms with van der Waals surface area (Å²) in [5, 5.41) is 15.1. The minimum Gasteiger partial charge on any atom is -0.476 e. The summed E-state index contributed by atoms with van der Waals surface area (Å²) in [6.45, 7) is 0. The van der Waals surface area contributed by atoms with Crippen LogP contribution in [0.1, 0.15) is 64.6 Å². The van der Waals surface area contributed by atoms with Crippen LogP contribution in [-0.2, 0) is 9.53 Å². The standard InChI is InChI=1S/C25H22ClFN4O5S/c1-35-25(34)18-19(12-2-4-13(5-3-12)22-29-17(11-36-22)24(32)33)30-21(23-28-8-9-37-23)31-20(18)15-7-6-14(27)10-16(15)26/h6-13,20H,2-5H2,1H3,(H,30,31)(H,32,33). The number of halogens is 2. The van der Waals surface area contributed by atoms with Gasteiger partial charge in [-0.05, 0) is 43.7 Å². The molecule has 3 aromatic rings. The maximum absolute atomic E-state index is 13.8. The molecule has 5 rings (SSSR count). The molecule has 2 aromatic heterocycles. The number of aromatic carboxylic acids is 1. The Morgan fingerprint density at radius 1 is 1.24 bits per heavy atom. The summed E-state index contributed by atoms with van der Waals surface area (Å²) in [4.78, 5) is 37.5. The molecule has 0 amide bonds. The van der Waals surface area contributed by atoms with Crippen molar-refractivity contribution in [2.45, 2.75) is 37.6 Å². The molecule has 1 saturated carbocycles. The minimum atomic E-state index is -1.14. The first-order valence-corrected chi connectivity index (χ1v) is 12.8. The van der Waals surface area contributed by atoms with Gasteiger partial charge in [0.15, 0.2) is 22.4 Å². The second-order valence-corrected chi connectivity index (χ2v) is 10.1. The van der Waals surface area contributed by atoms with Gasteiger partial charge in [-0.1, -0.05) is 17.7 Å². The number of rotatable bonds is 6. The number of carbonyl (C=O) groups excluding carboxylic acids is 1. The van der Waals surface area contributed by atoms with Gasteiger partial charge >= 0.3 is 11.9 Å². The number of allylic oxidation sites excluding steroid dienone is 1. The smallest absolute Gasteiger partial charge is 0.357 e. The molecule has 2 aliphatic rings. The number of aromatic nitrogens is 2. The van der Waals surface area contributed by atoms with E-state index in [9.17, 15) is 14.0 Å². The van der Waals surface area contributed by atoms with Gasteiger partial charge in [0.1, 0.15) is 18.1 Å². The molecule has 0 spiro atoms. The monoisotopic (exact) mass is 544 g/mol. The van der Waals surface area contributed by atoms with Gasteiger partial charge in [-0.3, -0.25) is 4.99 Å². The van der Waals surface area contributed by atoms with Gasteiger partial charge < -0.3 is 19.6 Å². The van der Waals surface area contributed by atoms with Gasteiger partial charge in [-0.15, -0.1) is 11.3 Å².